The van der Waals surface area contributed by atoms with Gasteiger partial charge in [0.1, 0.15) is 0 Å². The fraction of sp³-hybridized carbons (Fsp3) is 0.724. The van der Waals surface area contributed by atoms with Crippen molar-refractivity contribution in [1.82, 2.24) is 10.2 Å². The molecule has 2 unspecified atom stereocenters. The van der Waals surface area contributed by atoms with E-state index in [1.807, 2.05) is 13.5 Å². The van der Waals surface area contributed by atoms with Gasteiger partial charge >= 0.3 is 0 Å². The van der Waals surface area contributed by atoms with Crippen LogP contribution < -0.4 is 5.32 Å². The molecule has 0 aromatic heterocycles. The molecule has 1 heterocycles. The van der Waals surface area contributed by atoms with Gasteiger partial charge in [0.2, 0.25) is 0 Å². The van der Waals surface area contributed by atoms with Crippen molar-refractivity contribution in [1.29, 1.82) is 0 Å². The van der Waals surface area contributed by atoms with Crippen LogP contribution in [0.25, 0.3) is 0 Å². The summed E-state index contributed by atoms with van der Waals surface area (Å²) < 4.78 is 5.80. The van der Waals surface area contributed by atoms with E-state index in [1.54, 1.807) is 7.11 Å². The molecular weight excluding hydrogens is 481 g/mol. The maximum Gasteiger partial charge on any atom is 0.0569 e. The number of ether oxygens (including phenoxy) is 1. The van der Waals surface area contributed by atoms with E-state index >= 15 is 0 Å². The largest absolute Gasteiger partial charge is 0.448 e. The molecular formula is C29H50N2OY-2. The zero-order chi connectivity index (χ0) is 25.0. The van der Waals surface area contributed by atoms with Crippen LogP contribution in [-0.4, -0.2) is 29.3 Å². The van der Waals surface area contributed by atoms with Crippen molar-refractivity contribution < 1.29 is 37.4 Å². The Bertz CT molecular complexity index is 795. The first-order valence-corrected chi connectivity index (χ1v) is 12.2. The van der Waals surface area contributed by atoms with Gasteiger partial charge in [-0.25, -0.2) is 0 Å². The minimum atomic E-state index is -0.125. The summed E-state index contributed by atoms with van der Waals surface area (Å²) in [5, 5.41) is 3.38. The molecule has 1 radical (unpaired) electrons. The Morgan fingerprint density at radius 3 is 1.42 bits per heavy atom. The van der Waals surface area contributed by atoms with Crippen LogP contribution in [0, 0.1) is 46.7 Å². The van der Waals surface area contributed by atoms with Crippen LogP contribution in [0.4, 0.5) is 0 Å². The number of nitrogens with one attached hydrogen (secondary N) is 1. The topological polar surface area (TPSA) is 24.5 Å². The Hall–Kier alpha value is 0.204. The van der Waals surface area contributed by atoms with Gasteiger partial charge in [-0.15, -0.1) is 5.92 Å². The first-order valence-electron chi connectivity index (χ1n) is 12.2. The van der Waals surface area contributed by atoms with Crippen LogP contribution in [-0.2, 0) is 48.3 Å². The molecule has 4 heteroatoms. The summed E-state index contributed by atoms with van der Waals surface area (Å²) in [6, 6.07) is 0. The van der Waals surface area contributed by atoms with E-state index in [1.165, 1.54) is 33.4 Å². The minimum Gasteiger partial charge on any atom is -0.448 e. The maximum absolute atomic E-state index is 5.80. The van der Waals surface area contributed by atoms with Gasteiger partial charge in [0, 0.05) is 50.6 Å². The average molecular weight is 532 g/mol. The Morgan fingerprint density at radius 1 is 0.758 bits per heavy atom. The molecule has 0 aliphatic carbocycles. The zero-order valence-corrected chi connectivity index (χ0v) is 27.1. The molecule has 3 nitrogen and oxygen atoms in total. The third-order valence-electron chi connectivity index (χ3n) is 9.65. The fourth-order valence-electron chi connectivity index (χ4n) is 6.07. The van der Waals surface area contributed by atoms with Crippen molar-refractivity contribution in [2.45, 2.75) is 125 Å². The molecule has 0 fully saturated rings. The number of benzene rings is 1. The van der Waals surface area contributed by atoms with E-state index in [0.29, 0.717) is 0 Å². The van der Waals surface area contributed by atoms with E-state index < -0.39 is 0 Å². The average Bonchev–Trinajstić information content (AvgIpc) is 2.71. The summed E-state index contributed by atoms with van der Waals surface area (Å²) in [6.45, 7) is 37.4. The van der Waals surface area contributed by atoms with E-state index in [0.717, 1.165) is 0 Å². The molecule has 0 spiro atoms. The summed E-state index contributed by atoms with van der Waals surface area (Å²) in [7, 11) is 1.78. The molecule has 0 amide bonds. The molecule has 2 rings (SSSR count). The van der Waals surface area contributed by atoms with Crippen molar-refractivity contribution in [3.8, 4) is 0 Å². The molecule has 1 N–H and O–H groups in total. The zero-order valence-electron chi connectivity index (χ0n) is 24.2. The van der Waals surface area contributed by atoms with Crippen LogP contribution in [0.1, 0.15) is 103 Å². The Morgan fingerprint density at radius 2 is 1.12 bits per heavy atom. The summed E-state index contributed by atoms with van der Waals surface area (Å²) in [5.41, 5.74) is 8.47. The molecule has 1 aliphatic heterocycles. The summed E-state index contributed by atoms with van der Waals surface area (Å²) in [6.07, 6.45) is -0.0589. The van der Waals surface area contributed by atoms with Crippen molar-refractivity contribution in [3.63, 3.8) is 0 Å². The van der Waals surface area contributed by atoms with E-state index in [2.05, 4.69) is 107 Å². The van der Waals surface area contributed by atoms with Crippen LogP contribution >= 0.6 is 0 Å². The molecule has 0 saturated carbocycles. The third-order valence-corrected chi connectivity index (χ3v) is 9.65. The van der Waals surface area contributed by atoms with E-state index in [4.69, 9.17) is 4.74 Å². The molecule has 1 aromatic rings. The van der Waals surface area contributed by atoms with Gasteiger partial charge in [-0.2, -0.15) is 6.92 Å². The quantitative estimate of drug-likeness (QED) is 0.320. The smallest absolute Gasteiger partial charge is 0.0569 e. The van der Waals surface area contributed by atoms with Gasteiger partial charge < -0.3 is 15.0 Å². The SMILES string of the molecule is C[CH-]NC(OC)C(C)[CH-]N1C(C)(C)C(C)(C)c2c(C)c(C)c(C)c(C)c2C(C)(C)C1(C)C.[Y]. The number of methoxy groups -OCH3 is 1. The minimum absolute atomic E-state index is 0. The van der Waals surface area contributed by atoms with Crippen LogP contribution in [0.3, 0.4) is 0 Å². The molecule has 0 bridgehead atoms. The summed E-state index contributed by atoms with van der Waals surface area (Å²) in [4.78, 5) is 2.66. The first-order chi connectivity index (χ1) is 14.4. The maximum atomic E-state index is 5.80. The Kier molecular flexibility index (Phi) is 9.74. The Balaban J connectivity index is 0.00000544. The van der Waals surface area contributed by atoms with Crippen LogP contribution in [0.15, 0.2) is 0 Å². The van der Waals surface area contributed by atoms with Gasteiger partial charge in [0.05, 0.1) is 6.23 Å². The van der Waals surface area contributed by atoms with Crippen molar-refractivity contribution >= 4 is 0 Å². The number of hydrogen-bond donors (Lipinski definition) is 1. The van der Waals surface area contributed by atoms with Crippen molar-refractivity contribution in [3.05, 3.63) is 46.5 Å². The molecule has 1 aliphatic rings. The molecule has 33 heavy (non-hydrogen) atoms. The van der Waals surface area contributed by atoms with E-state index in [-0.39, 0.29) is 66.8 Å². The second-order valence-electron chi connectivity index (χ2n) is 12.1. The van der Waals surface area contributed by atoms with Gasteiger partial charge in [-0.05, 0) is 99.8 Å². The molecule has 2 atom stereocenters. The van der Waals surface area contributed by atoms with Crippen molar-refractivity contribution in [2.24, 2.45) is 5.92 Å². The normalized spacial score (nSPS) is 22.6. The van der Waals surface area contributed by atoms with E-state index in [9.17, 15) is 0 Å². The van der Waals surface area contributed by atoms with Crippen LogP contribution in [0.5, 0.6) is 0 Å². The Labute approximate surface area is 231 Å². The number of fused-ring (bicyclic) bond motifs is 1. The second kappa shape index (κ2) is 10.3. The second-order valence-corrected chi connectivity index (χ2v) is 12.1. The standard InChI is InChI=1S/C29H50N2O.Y/c1-16-30-25(32-15)18(2)17-31-28(11,12)26(7,8)23-21(5)19(3)20(4)22(6)24(23)27(9,10)29(31,13)14;/h16-18,25,30H,1-15H3;/q-2;. The summed E-state index contributed by atoms with van der Waals surface area (Å²) in [5.74, 6) is 0.202. The number of hydrogen-bond acceptors (Lipinski definition) is 3. The fourth-order valence-corrected chi connectivity index (χ4v) is 6.07. The number of rotatable bonds is 6. The molecule has 1 aromatic carbocycles. The van der Waals surface area contributed by atoms with Gasteiger partial charge in [0.25, 0.3) is 0 Å². The van der Waals surface area contributed by atoms with Crippen molar-refractivity contribution in [2.75, 3.05) is 7.11 Å². The third kappa shape index (κ3) is 4.68. The molecule has 0 saturated heterocycles. The predicted octanol–water partition coefficient (Wildman–Crippen LogP) is 6.89. The molecule has 187 valence electrons. The van der Waals surface area contributed by atoms with Gasteiger partial charge in [0.15, 0.2) is 0 Å². The van der Waals surface area contributed by atoms with Gasteiger partial charge in [-0.3, -0.25) is 13.1 Å². The monoisotopic (exact) mass is 531 g/mol. The van der Waals surface area contributed by atoms with Crippen LogP contribution in [0.2, 0.25) is 0 Å². The predicted molar refractivity (Wildman–Crippen MR) is 139 cm³/mol. The summed E-state index contributed by atoms with van der Waals surface area (Å²) >= 11 is 0. The number of nitrogens with zero attached hydrogens (tertiary/aromatic N) is 1. The first kappa shape index (κ1) is 31.2. The van der Waals surface area contributed by atoms with Gasteiger partial charge in [-0.1, -0.05) is 34.6 Å².